The molecule has 1 aliphatic heterocycles. The predicted molar refractivity (Wildman–Crippen MR) is 130 cm³/mol. The minimum atomic E-state index is 0.142. The third-order valence-electron chi connectivity index (χ3n) is 5.00. The molecule has 1 saturated heterocycles. The van der Waals surface area contributed by atoms with Gasteiger partial charge in [0, 0.05) is 30.5 Å². The summed E-state index contributed by atoms with van der Waals surface area (Å²) in [5.74, 6) is 1.14. The number of piperidine rings is 1. The van der Waals surface area contributed by atoms with Crippen LogP contribution >= 0.6 is 0 Å². The van der Waals surface area contributed by atoms with Gasteiger partial charge in [-0.1, -0.05) is 33.1 Å². The van der Waals surface area contributed by atoms with Gasteiger partial charge in [0.2, 0.25) is 0 Å². The summed E-state index contributed by atoms with van der Waals surface area (Å²) in [5, 5.41) is 3.42. The van der Waals surface area contributed by atoms with E-state index in [1.54, 1.807) is 0 Å². The van der Waals surface area contributed by atoms with Crippen molar-refractivity contribution in [2.24, 2.45) is 16.6 Å². The lowest BCUT2D eigenvalue weighted by atomic mass is 10.0. The van der Waals surface area contributed by atoms with Crippen LogP contribution in [0.2, 0.25) is 0 Å². The first-order valence-electron chi connectivity index (χ1n) is 10.9. The topological polar surface area (TPSA) is 62.9 Å². The largest absolute Gasteiger partial charge is 0.477 e. The van der Waals surface area contributed by atoms with E-state index in [4.69, 9.17) is 10.5 Å². The molecule has 0 aromatic rings. The van der Waals surface area contributed by atoms with E-state index in [2.05, 4.69) is 67.9 Å². The van der Waals surface area contributed by atoms with Gasteiger partial charge in [0.1, 0.15) is 0 Å². The van der Waals surface area contributed by atoms with E-state index >= 15 is 0 Å². The number of allylic oxidation sites excluding steroid dienone is 3. The fourth-order valence-corrected chi connectivity index (χ4v) is 3.18. The molecule has 0 aliphatic carbocycles. The molecule has 0 spiro atoms. The lowest BCUT2D eigenvalue weighted by Crippen LogP contribution is -2.42. The Kier molecular flexibility index (Phi) is 10.5. The van der Waals surface area contributed by atoms with Crippen molar-refractivity contribution in [2.75, 3.05) is 19.6 Å². The Morgan fingerprint density at radius 2 is 1.77 bits per heavy atom. The summed E-state index contributed by atoms with van der Waals surface area (Å²) in [5.41, 5.74) is 10.3. The maximum Gasteiger partial charge on any atom is 0.179 e. The Labute approximate surface area is 184 Å². The normalized spacial score (nSPS) is 16.8. The van der Waals surface area contributed by atoms with Gasteiger partial charge in [-0.15, -0.1) is 0 Å². The highest BCUT2D eigenvalue weighted by Gasteiger charge is 2.21. The molecule has 0 saturated carbocycles. The molecule has 0 atom stereocenters. The first-order valence-corrected chi connectivity index (χ1v) is 10.9. The van der Waals surface area contributed by atoms with Crippen LogP contribution in [0.1, 0.15) is 54.4 Å². The molecular formula is C25H42N4O. The molecule has 1 aliphatic rings. The van der Waals surface area contributed by atoms with Crippen LogP contribution in [0, 0.1) is 5.92 Å². The number of hydrogen-bond donors (Lipinski definition) is 2. The molecule has 0 amide bonds. The summed E-state index contributed by atoms with van der Waals surface area (Å²) in [6.45, 7) is 26.8. The van der Waals surface area contributed by atoms with Crippen molar-refractivity contribution in [1.29, 1.82) is 0 Å². The van der Waals surface area contributed by atoms with Crippen molar-refractivity contribution in [3.8, 4) is 0 Å². The van der Waals surface area contributed by atoms with E-state index in [1.807, 2.05) is 20.8 Å². The van der Waals surface area contributed by atoms with Crippen LogP contribution in [0.25, 0.3) is 0 Å². The van der Waals surface area contributed by atoms with Gasteiger partial charge in [-0.25, -0.2) is 0 Å². The van der Waals surface area contributed by atoms with E-state index in [9.17, 15) is 0 Å². The number of rotatable bonds is 11. The van der Waals surface area contributed by atoms with E-state index in [1.165, 1.54) is 5.70 Å². The number of hydrogen-bond acceptors (Lipinski definition) is 5. The third kappa shape index (κ3) is 9.38. The Balaban J connectivity index is 2.78. The second-order valence-corrected chi connectivity index (χ2v) is 8.69. The highest BCUT2D eigenvalue weighted by atomic mass is 16.5. The number of nitrogens with two attached hydrogens (primary N) is 1. The summed E-state index contributed by atoms with van der Waals surface area (Å²) < 4.78 is 5.64. The highest BCUT2D eigenvalue weighted by Crippen LogP contribution is 2.21. The first kappa shape index (κ1) is 25.6. The highest BCUT2D eigenvalue weighted by molar-refractivity contribution is 5.96. The average molecular weight is 415 g/mol. The molecule has 0 aromatic heterocycles. The SMILES string of the molecule is C=C(NC1CCN(C(/C=C(/C)C(=C)C/N=C(/C)C(=C)N)=C/C(C)C)CC1)OC(C)C. The number of likely N-dealkylation sites (tertiary alicyclic amines) is 1. The minimum absolute atomic E-state index is 0.142. The average Bonchev–Trinajstić information content (AvgIpc) is 2.64. The molecule has 0 aromatic carbocycles. The quantitative estimate of drug-likeness (QED) is 0.286. The van der Waals surface area contributed by atoms with E-state index in [0.29, 0.717) is 30.1 Å². The van der Waals surface area contributed by atoms with Crippen LogP contribution in [0.5, 0.6) is 0 Å². The van der Waals surface area contributed by atoms with Gasteiger partial charge in [-0.05, 0) is 70.3 Å². The van der Waals surface area contributed by atoms with Crippen LogP contribution in [0.15, 0.2) is 65.3 Å². The van der Waals surface area contributed by atoms with Crippen LogP contribution in [0.3, 0.4) is 0 Å². The van der Waals surface area contributed by atoms with Crippen molar-refractivity contribution in [1.82, 2.24) is 10.2 Å². The maximum atomic E-state index is 5.69. The standard InChI is InChI=1S/C25H42N4O/c1-17(2)14-25(15-19(5)20(6)16-27-22(8)21(7)26)29-12-10-24(11-13-29)28-23(9)30-18(3)4/h14-15,17-18,24,28H,6-7,9-13,16,26H2,1-5,8H3/b19-15-,25-14+,27-22-. The zero-order valence-corrected chi connectivity index (χ0v) is 19.9. The van der Waals surface area contributed by atoms with Gasteiger partial charge in [0.15, 0.2) is 5.88 Å². The number of ether oxygens (including phenoxy) is 1. The van der Waals surface area contributed by atoms with Crippen molar-refractivity contribution >= 4 is 5.71 Å². The fraction of sp³-hybridized carbons (Fsp3) is 0.560. The van der Waals surface area contributed by atoms with Gasteiger partial charge in [-0.2, -0.15) is 0 Å². The van der Waals surface area contributed by atoms with Crippen LogP contribution in [-0.4, -0.2) is 42.4 Å². The second kappa shape index (κ2) is 12.3. The Morgan fingerprint density at radius 3 is 2.27 bits per heavy atom. The van der Waals surface area contributed by atoms with Crippen molar-refractivity contribution in [2.45, 2.75) is 66.5 Å². The van der Waals surface area contributed by atoms with Gasteiger partial charge < -0.3 is 20.7 Å². The smallest absolute Gasteiger partial charge is 0.179 e. The van der Waals surface area contributed by atoms with E-state index in [-0.39, 0.29) is 6.10 Å². The molecule has 1 rings (SSSR count). The summed E-state index contributed by atoms with van der Waals surface area (Å²) in [7, 11) is 0. The zero-order valence-electron chi connectivity index (χ0n) is 19.9. The van der Waals surface area contributed by atoms with Crippen LogP contribution < -0.4 is 11.1 Å². The fourth-order valence-electron chi connectivity index (χ4n) is 3.18. The minimum Gasteiger partial charge on any atom is -0.477 e. The lowest BCUT2D eigenvalue weighted by Gasteiger charge is -2.36. The van der Waals surface area contributed by atoms with E-state index in [0.717, 1.165) is 42.8 Å². The van der Waals surface area contributed by atoms with Gasteiger partial charge in [0.05, 0.1) is 18.4 Å². The molecule has 168 valence electrons. The zero-order chi connectivity index (χ0) is 22.8. The Bertz CT molecular complexity index is 705. The van der Waals surface area contributed by atoms with Gasteiger partial charge >= 0.3 is 0 Å². The molecule has 30 heavy (non-hydrogen) atoms. The molecule has 1 fully saturated rings. The Hall–Kier alpha value is -2.43. The Morgan fingerprint density at radius 1 is 1.17 bits per heavy atom. The number of nitrogens with one attached hydrogen (secondary N) is 1. The molecule has 5 heteroatoms. The van der Waals surface area contributed by atoms with Crippen LogP contribution in [0.4, 0.5) is 0 Å². The monoisotopic (exact) mass is 414 g/mol. The molecule has 0 radical (unpaired) electrons. The van der Waals surface area contributed by atoms with Crippen LogP contribution in [-0.2, 0) is 4.74 Å². The van der Waals surface area contributed by atoms with Crippen molar-refractivity contribution < 1.29 is 4.74 Å². The summed E-state index contributed by atoms with van der Waals surface area (Å²) >= 11 is 0. The molecule has 3 N–H and O–H groups in total. The van der Waals surface area contributed by atoms with Gasteiger partial charge in [0.25, 0.3) is 0 Å². The first-order chi connectivity index (χ1) is 14.0. The molecular weight excluding hydrogens is 372 g/mol. The maximum absolute atomic E-state index is 5.69. The second-order valence-electron chi connectivity index (χ2n) is 8.69. The van der Waals surface area contributed by atoms with E-state index < -0.39 is 0 Å². The molecule has 1 heterocycles. The van der Waals surface area contributed by atoms with Gasteiger partial charge in [-0.3, -0.25) is 4.99 Å². The molecule has 0 bridgehead atoms. The summed E-state index contributed by atoms with van der Waals surface area (Å²) in [6, 6.07) is 0.398. The third-order valence-corrected chi connectivity index (χ3v) is 5.00. The number of nitrogens with zero attached hydrogens (tertiary/aromatic N) is 2. The predicted octanol–water partition coefficient (Wildman–Crippen LogP) is 4.91. The summed E-state index contributed by atoms with van der Waals surface area (Å²) in [4.78, 5) is 6.93. The number of aliphatic imine (C=N–C) groups is 1. The lowest BCUT2D eigenvalue weighted by molar-refractivity contribution is 0.119. The van der Waals surface area contributed by atoms with Crippen molar-refractivity contribution in [3.05, 3.63) is 60.3 Å². The summed E-state index contributed by atoms with van der Waals surface area (Å²) in [6.07, 6.45) is 6.79. The molecule has 0 unspecified atom stereocenters. The molecule has 5 nitrogen and oxygen atoms in total. The van der Waals surface area contributed by atoms with Crippen molar-refractivity contribution in [3.63, 3.8) is 0 Å².